The van der Waals surface area contributed by atoms with Crippen LogP contribution >= 0.6 is 0 Å². The summed E-state index contributed by atoms with van der Waals surface area (Å²) in [6, 6.07) is 0. The van der Waals surface area contributed by atoms with Crippen LogP contribution < -0.4 is 18.9 Å². The van der Waals surface area contributed by atoms with E-state index in [0.29, 0.717) is 0 Å². The third-order valence-electron chi connectivity index (χ3n) is 0.289. The molecule has 0 aliphatic rings. The largest absolute Gasteiger partial charge is 1.00 e. The van der Waals surface area contributed by atoms with Gasteiger partial charge in [-0.25, -0.2) is 6.58 Å². The molecule has 0 atom stereocenters. The fourth-order valence-corrected chi connectivity index (χ4v) is 0. The second-order valence-electron chi connectivity index (χ2n) is 1.14. The molecule has 0 aliphatic carbocycles. The molecule has 0 aliphatic heterocycles. The Balaban J connectivity index is 0. The molecule has 6 heavy (non-hydrogen) atoms. The zero-order chi connectivity index (χ0) is 4.28. The van der Waals surface area contributed by atoms with Crippen molar-refractivity contribution in [1.29, 1.82) is 0 Å². The zero-order valence-corrected chi connectivity index (χ0v) is 4.58. The van der Waals surface area contributed by atoms with Crippen molar-refractivity contribution in [3.63, 3.8) is 0 Å². The van der Waals surface area contributed by atoms with Crippen molar-refractivity contribution >= 4 is 0 Å². The van der Waals surface area contributed by atoms with Gasteiger partial charge < -0.3 is 5.73 Å². The van der Waals surface area contributed by atoms with Gasteiger partial charge in [-0.3, -0.25) is 0 Å². The summed E-state index contributed by atoms with van der Waals surface area (Å²) in [5.74, 6) is 0. The maximum Gasteiger partial charge on any atom is 1.00 e. The van der Waals surface area contributed by atoms with E-state index in [4.69, 9.17) is 6.58 Å². The van der Waals surface area contributed by atoms with Crippen LogP contribution in [0, 0.1) is 6.58 Å². The molecule has 0 nitrogen and oxygen atoms in total. The fraction of sp³-hybridized carbons (Fsp3) is 0.400. The van der Waals surface area contributed by atoms with Gasteiger partial charge in [0.25, 0.3) is 0 Å². The molecule has 0 heterocycles. The van der Waals surface area contributed by atoms with Crippen molar-refractivity contribution in [3.8, 4) is 0 Å². The fourth-order valence-electron chi connectivity index (χ4n) is 0. The summed E-state index contributed by atoms with van der Waals surface area (Å²) in [6.45, 7) is 8.69. The normalized spacial score (nSPS) is 5.00. The third-order valence-corrected chi connectivity index (χ3v) is 0.289. The minimum atomic E-state index is 0. The molecule has 0 bridgehead atoms. The number of allylic oxidation sites excluding steroid dienone is 1. The average molecular weight is 74.1 g/mol. The maximum atomic E-state index is 4.88. The molecule has 0 unspecified atom stereocenters. The zero-order valence-electron chi connectivity index (χ0n) is 4.58. The van der Waals surface area contributed by atoms with Gasteiger partial charge in [0.15, 0.2) is 0 Å². The maximum absolute atomic E-state index is 4.88. The molecule has 0 aromatic heterocycles. The van der Waals surface area contributed by atoms with Gasteiger partial charge in [0.1, 0.15) is 0 Å². The summed E-state index contributed by atoms with van der Waals surface area (Å²) in [5.41, 5.74) is 3.48. The molecule has 0 saturated carbocycles. The predicted molar refractivity (Wildman–Crippen MR) is 22.7 cm³/mol. The first-order valence-electron chi connectivity index (χ1n) is 1.54. The van der Waals surface area contributed by atoms with Gasteiger partial charge in [0.2, 0.25) is 0 Å². The van der Waals surface area contributed by atoms with Crippen molar-refractivity contribution in [2.45, 2.75) is 13.8 Å². The Hall–Kier alpha value is 0.117. The SMILES string of the molecule is [CH-]=C=C(C)C.[Li+]. The van der Waals surface area contributed by atoms with Gasteiger partial charge in [-0.15, -0.1) is 13.8 Å². The number of hydrogen-bond acceptors (Lipinski definition) is 0. The minimum Gasteiger partial charge on any atom is -0.336 e. The van der Waals surface area contributed by atoms with Crippen LogP contribution in [0.1, 0.15) is 13.8 Å². The van der Waals surface area contributed by atoms with Crippen molar-refractivity contribution in [2.24, 2.45) is 0 Å². The minimum absolute atomic E-state index is 0. The van der Waals surface area contributed by atoms with Gasteiger partial charge in [-0.05, 0) is 0 Å². The molecule has 0 fully saturated rings. The van der Waals surface area contributed by atoms with Gasteiger partial charge in [0, 0.05) is 0 Å². The first kappa shape index (κ1) is 9.45. The Kier molecular flexibility index (Phi) is 8.06. The molecule has 0 saturated heterocycles. The molecule has 0 radical (unpaired) electrons. The van der Waals surface area contributed by atoms with Crippen LogP contribution in [0.3, 0.4) is 0 Å². The van der Waals surface area contributed by atoms with E-state index < -0.39 is 0 Å². The van der Waals surface area contributed by atoms with Gasteiger partial charge in [0.05, 0.1) is 0 Å². The van der Waals surface area contributed by atoms with Crippen molar-refractivity contribution in [3.05, 3.63) is 17.9 Å². The average Bonchev–Trinajstić information content (AvgIpc) is 1.38. The van der Waals surface area contributed by atoms with Crippen LogP contribution in [0.5, 0.6) is 0 Å². The van der Waals surface area contributed by atoms with Crippen LogP contribution in [0.2, 0.25) is 0 Å². The standard InChI is InChI=1S/C5H7.Li/c1-4-5(2)3;/h1H,2-3H3;/q-1;+1. The van der Waals surface area contributed by atoms with Gasteiger partial charge >= 0.3 is 18.9 Å². The Morgan fingerprint density at radius 1 is 1.50 bits per heavy atom. The van der Waals surface area contributed by atoms with E-state index in [0.717, 1.165) is 5.57 Å². The van der Waals surface area contributed by atoms with Crippen LogP contribution in [-0.2, 0) is 0 Å². The Bertz CT molecular complexity index is 64.0. The van der Waals surface area contributed by atoms with Crippen molar-refractivity contribution < 1.29 is 18.9 Å². The van der Waals surface area contributed by atoms with E-state index in [2.05, 4.69) is 5.73 Å². The summed E-state index contributed by atoms with van der Waals surface area (Å²) in [4.78, 5) is 0. The quantitative estimate of drug-likeness (QED) is 0.187. The Morgan fingerprint density at radius 3 is 1.67 bits per heavy atom. The van der Waals surface area contributed by atoms with E-state index in [9.17, 15) is 0 Å². The van der Waals surface area contributed by atoms with E-state index in [-0.39, 0.29) is 18.9 Å². The summed E-state index contributed by atoms with van der Waals surface area (Å²) >= 11 is 0. The van der Waals surface area contributed by atoms with E-state index in [1.165, 1.54) is 0 Å². The van der Waals surface area contributed by atoms with Crippen LogP contribution in [0.4, 0.5) is 0 Å². The molecule has 1 heteroatoms. The monoisotopic (exact) mass is 74.1 g/mol. The molecular weight excluding hydrogens is 67.0 g/mol. The number of rotatable bonds is 0. The van der Waals surface area contributed by atoms with E-state index in [1.807, 2.05) is 13.8 Å². The first-order chi connectivity index (χ1) is 2.27. The third kappa shape index (κ3) is 8.92. The first-order valence-corrected chi connectivity index (χ1v) is 1.54. The Morgan fingerprint density at radius 2 is 1.67 bits per heavy atom. The van der Waals surface area contributed by atoms with Gasteiger partial charge in [-0.1, -0.05) is 0 Å². The topological polar surface area (TPSA) is 0 Å². The smallest absolute Gasteiger partial charge is 0.336 e. The molecule has 0 amide bonds. The second-order valence-corrected chi connectivity index (χ2v) is 1.14. The van der Waals surface area contributed by atoms with Crippen LogP contribution in [0.15, 0.2) is 11.3 Å². The molecule has 0 rings (SSSR count). The summed E-state index contributed by atoms with van der Waals surface area (Å²) in [7, 11) is 0. The van der Waals surface area contributed by atoms with Gasteiger partial charge in [-0.2, -0.15) is 5.57 Å². The van der Waals surface area contributed by atoms with Crippen LogP contribution in [-0.4, -0.2) is 0 Å². The summed E-state index contributed by atoms with van der Waals surface area (Å²) < 4.78 is 0. The second kappa shape index (κ2) is 5.12. The molecule has 0 aromatic rings. The van der Waals surface area contributed by atoms with E-state index in [1.54, 1.807) is 0 Å². The van der Waals surface area contributed by atoms with Crippen molar-refractivity contribution in [2.75, 3.05) is 0 Å². The molecule has 0 spiro atoms. The molecule has 0 aromatic carbocycles. The molecule has 28 valence electrons. The summed E-state index contributed by atoms with van der Waals surface area (Å²) in [6.07, 6.45) is 0. The molecule has 0 N–H and O–H groups in total. The number of hydrogen-bond donors (Lipinski definition) is 0. The van der Waals surface area contributed by atoms with Crippen LogP contribution in [0.25, 0.3) is 0 Å². The molecular formula is C5H7Li. The Labute approximate surface area is 51.1 Å². The van der Waals surface area contributed by atoms with E-state index >= 15 is 0 Å². The van der Waals surface area contributed by atoms with Crippen molar-refractivity contribution in [1.82, 2.24) is 0 Å². The predicted octanol–water partition coefficient (Wildman–Crippen LogP) is -1.46. The summed E-state index contributed by atoms with van der Waals surface area (Å²) in [5, 5.41) is 0.